The Morgan fingerprint density at radius 3 is 2.39 bits per heavy atom. The van der Waals surface area contributed by atoms with Gasteiger partial charge in [-0.15, -0.1) is 0 Å². The van der Waals surface area contributed by atoms with Gasteiger partial charge in [-0.3, -0.25) is 19.2 Å². The minimum absolute atomic E-state index is 0.0403. The van der Waals surface area contributed by atoms with Crippen molar-refractivity contribution in [3.63, 3.8) is 0 Å². The Morgan fingerprint density at radius 2 is 1.75 bits per heavy atom. The number of rotatable bonds is 6. The van der Waals surface area contributed by atoms with Crippen LogP contribution in [0.15, 0.2) is 11.6 Å². The number of ether oxygens (including phenoxy) is 1. The summed E-state index contributed by atoms with van der Waals surface area (Å²) in [6.45, 7) is 9.71. The van der Waals surface area contributed by atoms with Crippen LogP contribution in [0.1, 0.15) is 86.0 Å². The third-order valence-corrected chi connectivity index (χ3v) is 10.4. The van der Waals surface area contributed by atoms with Crippen LogP contribution in [0.25, 0.3) is 0 Å². The van der Waals surface area contributed by atoms with Crippen molar-refractivity contribution in [2.24, 2.45) is 34.0 Å². The third-order valence-electron chi connectivity index (χ3n) is 10.4. The van der Waals surface area contributed by atoms with E-state index in [-0.39, 0.29) is 22.3 Å². The van der Waals surface area contributed by atoms with E-state index in [0.29, 0.717) is 12.3 Å². The fourth-order valence-corrected chi connectivity index (χ4v) is 8.71. The molecule has 3 saturated carbocycles. The lowest BCUT2D eigenvalue weighted by atomic mass is 9.43. The first-order chi connectivity index (χ1) is 16.5. The van der Waals surface area contributed by atoms with Crippen LogP contribution < -0.4 is 0 Å². The number of ketones is 2. The number of carboxylic acids is 1. The van der Waals surface area contributed by atoms with Gasteiger partial charge in [0.25, 0.3) is 0 Å². The molecule has 0 unspecified atom stereocenters. The Labute approximate surface area is 212 Å². The number of carboxylic acid groups (broad SMARTS) is 1. The molecule has 8 nitrogen and oxygen atoms in total. The van der Waals surface area contributed by atoms with Crippen molar-refractivity contribution in [2.75, 3.05) is 6.61 Å². The van der Waals surface area contributed by atoms with Gasteiger partial charge >= 0.3 is 11.9 Å². The first-order valence-corrected chi connectivity index (χ1v) is 13.1. The Bertz CT molecular complexity index is 1020. The van der Waals surface area contributed by atoms with Crippen molar-refractivity contribution in [3.8, 4) is 0 Å². The van der Waals surface area contributed by atoms with Crippen molar-refractivity contribution in [3.05, 3.63) is 11.6 Å². The van der Waals surface area contributed by atoms with Crippen LogP contribution in [0.5, 0.6) is 0 Å². The molecule has 0 heterocycles. The summed E-state index contributed by atoms with van der Waals surface area (Å²) >= 11 is 0. The molecule has 0 aliphatic heterocycles. The number of aliphatic hydroxyl groups is 2. The first-order valence-electron chi connectivity index (χ1n) is 13.1. The smallest absolute Gasteiger partial charge is 0.309 e. The second-order valence-corrected chi connectivity index (χ2v) is 13.3. The number of aliphatic carboxylic acids is 1. The Kier molecular flexibility index (Phi) is 6.36. The highest BCUT2D eigenvalue weighted by Gasteiger charge is 2.71. The highest BCUT2D eigenvalue weighted by atomic mass is 16.5. The zero-order valence-corrected chi connectivity index (χ0v) is 22.1. The lowest BCUT2D eigenvalue weighted by Gasteiger charge is -2.62. The molecule has 36 heavy (non-hydrogen) atoms. The molecular formula is C28H40O8. The number of hydrogen-bond donors (Lipinski definition) is 3. The second kappa shape index (κ2) is 8.48. The maximum absolute atomic E-state index is 13.3. The van der Waals surface area contributed by atoms with Crippen LogP contribution in [-0.2, 0) is 23.9 Å². The molecule has 4 aliphatic carbocycles. The first kappa shape index (κ1) is 27.0. The molecule has 4 aliphatic rings. The van der Waals surface area contributed by atoms with Gasteiger partial charge in [-0.25, -0.2) is 0 Å². The van der Waals surface area contributed by atoms with Crippen molar-refractivity contribution in [1.82, 2.24) is 0 Å². The molecule has 0 bridgehead atoms. The number of carbonyl (C=O) groups excluding carboxylic acids is 3. The largest absolute Gasteiger partial charge is 0.481 e. The van der Waals surface area contributed by atoms with Crippen LogP contribution in [0, 0.1) is 34.0 Å². The molecule has 0 aromatic rings. The minimum atomic E-state index is -1.80. The summed E-state index contributed by atoms with van der Waals surface area (Å²) in [4.78, 5) is 49.4. The summed E-state index contributed by atoms with van der Waals surface area (Å²) in [7, 11) is 0. The summed E-state index contributed by atoms with van der Waals surface area (Å²) in [6.07, 6.45) is 5.74. The van der Waals surface area contributed by atoms with Gasteiger partial charge in [0.2, 0.25) is 11.6 Å². The summed E-state index contributed by atoms with van der Waals surface area (Å²) in [5, 5.41) is 31.1. The van der Waals surface area contributed by atoms with Crippen molar-refractivity contribution < 1.29 is 39.2 Å². The van der Waals surface area contributed by atoms with Gasteiger partial charge in [-0.05, 0) is 67.8 Å². The average Bonchev–Trinajstić information content (AvgIpc) is 2.96. The van der Waals surface area contributed by atoms with E-state index in [1.165, 1.54) is 13.0 Å². The maximum atomic E-state index is 13.3. The lowest BCUT2D eigenvalue weighted by Crippen LogP contribution is -2.59. The van der Waals surface area contributed by atoms with Gasteiger partial charge in [-0.1, -0.05) is 34.1 Å². The van der Waals surface area contributed by atoms with Gasteiger partial charge in [0, 0.05) is 11.0 Å². The topological polar surface area (TPSA) is 138 Å². The molecule has 3 fully saturated rings. The van der Waals surface area contributed by atoms with Crippen LogP contribution in [0.2, 0.25) is 0 Å². The van der Waals surface area contributed by atoms with Gasteiger partial charge in [0.1, 0.15) is 6.61 Å². The highest BCUT2D eigenvalue weighted by Crippen LogP contribution is 2.72. The van der Waals surface area contributed by atoms with Crippen LogP contribution in [-0.4, -0.2) is 56.6 Å². The SMILES string of the molecule is CC1(C)CCC[C@]2(C)[C@H]3C[C@@H]4C(=O)C(=O)C(COC(=O)C[C@@](C)(O)CC(=O)O)=C[C@]4(O)[C@@]3(C)CC[C@@H]12. The van der Waals surface area contributed by atoms with Crippen LogP contribution in [0.3, 0.4) is 0 Å². The van der Waals surface area contributed by atoms with Crippen molar-refractivity contribution in [1.29, 1.82) is 0 Å². The predicted octanol–water partition coefficient (Wildman–Crippen LogP) is 3.22. The van der Waals surface area contributed by atoms with Crippen LogP contribution in [0.4, 0.5) is 0 Å². The van der Waals surface area contributed by atoms with E-state index in [0.717, 1.165) is 32.1 Å². The molecule has 200 valence electrons. The van der Waals surface area contributed by atoms with E-state index < -0.39 is 65.5 Å². The quantitative estimate of drug-likeness (QED) is 0.370. The fraction of sp³-hybridized carbons (Fsp3) is 0.786. The lowest BCUT2D eigenvalue weighted by molar-refractivity contribution is -0.164. The zero-order chi connectivity index (χ0) is 26.9. The Morgan fingerprint density at radius 1 is 1.08 bits per heavy atom. The molecular weight excluding hydrogens is 464 g/mol. The number of hydrogen-bond acceptors (Lipinski definition) is 7. The fourth-order valence-electron chi connectivity index (χ4n) is 8.71. The summed E-state index contributed by atoms with van der Waals surface area (Å²) in [6, 6.07) is 0. The number of Topliss-reactive ketones (excluding diaryl/α,β-unsaturated/α-hetero) is 2. The molecule has 0 aromatic carbocycles. The summed E-state index contributed by atoms with van der Waals surface area (Å²) < 4.78 is 5.17. The number of esters is 1. The van der Waals surface area contributed by atoms with Crippen LogP contribution >= 0.6 is 0 Å². The monoisotopic (exact) mass is 504 g/mol. The third kappa shape index (κ3) is 4.05. The van der Waals surface area contributed by atoms with Gasteiger partial charge < -0.3 is 20.1 Å². The number of fused-ring (bicyclic) bond motifs is 5. The van der Waals surface area contributed by atoms with E-state index >= 15 is 0 Å². The average molecular weight is 505 g/mol. The van der Waals surface area contributed by atoms with E-state index in [1.807, 2.05) is 6.92 Å². The minimum Gasteiger partial charge on any atom is -0.481 e. The summed E-state index contributed by atoms with van der Waals surface area (Å²) in [5.41, 5.74) is -3.81. The van der Waals surface area contributed by atoms with Crippen molar-refractivity contribution in [2.45, 2.75) is 97.2 Å². The molecule has 8 heteroatoms. The van der Waals surface area contributed by atoms with E-state index in [4.69, 9.17) is 9.84 Å². The van der Waals surface area contributed by atoms with E-state index in [2.05, 4.69) is 20.8 Å². The standard InChI is InChI=1S/C28H40O8/c1-24(2)8-6-9-26(4)18(24)7-10-27(5)19(26)11-17-23(33)22(32)16(12-28(17,27)35)15-36-21(31)14-25(3,34)13-20(29)30/h12,17-19,34-35H,6-11,13-15H2,1-5H3,(H,29,30)/t17-,18+,19-,25+,26+,27+,28-/m1/s1. The molecule has 4 rings (SSSR count). The molecule has 0 saturated heterocycles. The highest BCUT2D eigenvalue weighted by molar-refractivity contribution is 6.45. The molecule has 0 spiro atoms. The Balaban J connectivity index is 1.59. The molecule has 7 atom stereocenters. The van der Waals surface area contributed by atoms with E-state index in [1.54, 1.807) is 0 Å². The maximum Gasteiger partial charge on any atom is 0.309 e. The van der Waals surface area contributed by atoms with Gasteiger partial charge in [0.15, 0.2) is 0 Å². The molecule has 0 aromatic heterocycles. The second-order valence-electron chi connectivity index (χ2n) is 13.3. The molecule has 0 radical (unpaired) electrons. The van der Waals surface area contributed by atoms with Gasteiger partial charge in [-0.2, -0.15) is 0 Å². The van der Waals surface area contributed by atoms with Crippen molar-refractivity contribution >= 4 is 23.5 Å². The Hall–Kier alpha value is -2.06. The zero-order valence-electron chi connectivity index (χ0n) is 22.1. The van der Waals surface area contributed by atoms with E-state index in [9.17, 15) is 29.4 Å². The van der Waals surface area contributed by atoms with Gasteiger partial charge in [0.05, 0.1) is 30.0 Å². The molecule has 0 amide bonds. The molecule has 3 N–H and O–H groups in total. The summed E-state index contributed by atoms with van der Waals surface area (Å²) in [5.74, 6) is -3.77. The predicted molar refractivity (Wildman–Crippen MR) is 130 cm³/mol. The number of carbonyl (C=O) groups is 4. The normalized spacial score (nSPS) is 40.9.